The Morgan fingerprint density at radius 1 is 1.12 bits per heavy atom. The first-order chi connectivity index (χ1) is 12.6. The van der Waals surface area contributed by atoms with Gasteiger partial charge < -0.3 is 14.8 Å². The Morgan fingerprint density at radius 2 is 1.85 bits per heavy atom. The SMILES string of the molecule is CCN(CC)c1ccc(NC(=O)c2cc(C)ccc2-n2ccnc2)cc1. The molecule has 0 aliphatic rings. The van der Waals surface area contributed by atoms with E-state index in [2.05, 4.69) is 29.0 Å². The van der Waals surface area contributed by atoms with Gasteiger partial charge in [-0.2, -0.15) is 0 Å². The van der Waals surface area contributed by atoms with Gasteiger partial charge in [-0.1, -0.05) is 11.6 Å². The van der Waals surface area contributed by atoms with Gasteiger partial charge in [-0.05, 0) is 57.2 Å². The highest BCUT2D eigenvalue weighted by Crippen LogP contribution is 2.21. The smallest absolute Gasteiger partial charge is 0.257 e. The number of carbonyl (C=O) groups excluding carboxylic acids is 1. The summed E-state index contributed by atoms with van der Waals surface area (Å²) in [7, 11) is 0. The molecule has 0 atom stereocenters. The fourth-order valence-corrected chi connectivity index (χ4v) is 3.00. The largest absolute Gasteiger partial charge is 0.372 e. The third-order valence-electron chi connectivity index (χ3n) is 4.43. The normalized spacial score (nSPS) is 10.6. The number of imidazole rings is 1. The molecule has 0 aliphatic heterocycles. The van der Waals surface area contributed by atoms with Crippen molar-refractivity contribution < 1.29 is 4.79 Å². The van der Waals surface area contributed by atoms with Crippen LogP contribution >= 0.6 is 0 Å². The van der Waals surface area contributed by atoms with Gasteiger partial charge in [0.15, 0.2) is 0 Å². The summed E-state index contributed by atoms with van der Waals surface area (Å²) in [6, 6.07) is 13.8. The zero-order valence-electron chi connectivity index (χ0n) is 15.4. The van der Waals surface area contributed by atoms with E-state index in [9.17, 15) is 4.79 Å². The fraction of sp³-hybridized carbons (Fsp3) is 0.238. The van der Waals surface area contributed by atoms with Gasteiger partial charge in [0.2, 0.25) is 0 Å². The standard InChI is InChI=1S/C21H24N4O/c1-4-24(5-2)18-9-7-17(8-10-18)23-21(26)19-14-16(3)6-11-20(19)25-13-12-22-15-25/h6-15H,4-5H2,1-3H3,(H,23,26). The number of hydrogen-bond donors (Lipinski definition) is 1. The monoisotopic (exact) mass is 348 g/mol. The number of anilines is 2. The molecule has 1 N–H and O–H groups in total. The second-order valence-electron chi connectivity index (χ2n) is 6.16. The van der Waals surface area contributed by atoms with Crippen LogP contribution in [0.15, 0.2) is 61.2 Å². The molecule has 3 rings (SSSR count). The van der Waals surface area contributed by atoms with Crippen LogP contribution < -0.4 is 10.2 Å². The Bertz CT molecular complexity index is 866. The zero-order chi connectivity index (χ0) is 18.5. The minimum Gasteiger partial charge on any atom is -0.372 e. The highest BCUT2D eigenvalue weighted by Gasteiger charge is 2.13. The molecule has 0 spiro atoms. The van der Waals surface area contributed by atoms with Crippen LogP contribution in [-0.4, -0.2) is 28.5 Å². The second-order valence-corrected chi connectivity index (χ2v) is 6.16. The molecule has 1 heterocycles. The summed E-state index contributed by atoms with van der Waals surface area (Å²) < 4.78 is 1.85. The van der Waals surface area contributed by atoms with Crippen LogP contribution in [0.2, 0.25) is 0 Å². The van der Waals surface area contributed by atoms with Crippen molar-refractivity contribution in [3.05, 3.63) is 72.3 Å². The number of amides is 1. The minimum absolute atomic E-state index is 0.131. The maximum Gasteiger partial charge on any atom is 0.257 e. The molecular formula is C21H24N4O. The average Bonchev–Trinajstić information content (AvgIpc) is 3.18. The van der Waals surface area contributed by atoms with Gasteiger partial charge in [-0.15, -0.1) is 0 Å². The maximum atomic E-state index is 12.9. The topological polar surface area (TPSA) is 50.2 Å². The number of carbonyl (C=O) groups is 1. The number of nitrogens with zero attached hydrogens (tertiary/aromatic N) is 3. The molecule has 0 saturated carbocycles. The summed E-state index contributed by atoms with van der Waals surface area (Å²) in [5, 5.41) is 3.00. The van der Waals surface area contributed by atoms with Gasteiger partial charge >= 0.3 is 0 Å². The van der Waals surface area contributed by atoms with Crippen LogP contribution in [0.1, 0.15) is 29.8 Å². The number of rotatable bonds is 6. The third-order valence-corrected chi connectivity index (χ3v) is 4.43. The summed E-state index contributed by atoms with van der Waals surface area (Å²) in [5.74, 6) is -0.131. The van der Waals surface area contributed by atoms with Crippen LogP contribution in [0.4, 0.5) is 11.4 Å². The number of nitrogens with one attached hydrogen (secondary N) is 1. The molecule has 1 aromatic heterocycles. The van der Waals surface area contributed by atoms with E-state index in [0.717, 1.165) is 35.7 Å². The minimum atomic E-state index is -0.131. The molecule has 5 nitrogen and oxygen atoms in total. The molecule has 26 heavy (non-hydrogen) atoms. The van der Waals surface area contributed by atoms with Gasteiger partial charge in [0.1, 0.15) is 0 Å². The fourth-order valence-electron chi connectivity index (χ4n) is 3.00. The molecule has 0 aliphatic carbocycles. The van der Waals surface area contributed by atoms with Gasteiger partial charge in [-0.25, -0.2) is 4.98 Å². The Balaban J connectivity index is 1.83. The molecule has 3 aromatic rings. The lowest BCUT2D eigenvalue weighted by molar-refractivity contribution is 0.102. The van der Waals surface area contributed by atoms with Gasteiger partial charge in [0.05, 0.1) is 17.6 Å². The lowest BCUT2D eigenvalue weighted by Crippen LogP contribution is -2.21. The molecular weight excluding hydrogens is 324 g/mol. The van der Waals surface area contributed by atoms with Gasteiger partial charge in [0.25, 0.3) is 5.91 Å². The van der Waals surface area contributed by atoms with Crippen LogP contribution in [-0.2, 0) is 0 Å². The molecule has 5 heteroatoms. The van der Waals surface area contributed by atoms with Crippen LogP contribution in [0, 0.1) is 6.92 Å². The molecule has 0 radical (unpaired) electrons. The van der Waals surface area contributed by atoms with Crippen LogP contribution in [0.25, 0.3) is 5.69 Å². The molecule has 2 aromatic carbocycles. The first-order valence-electron chi connectivity index (χ1n) is 8.87. The van der Waals surface area contributed by atoms with E-state index in [1.165, 1.54) is 0 Å². The van der Waals surface area contributed by atoms with Crippen molar-refractivity contribution in [2.24, 2.45) is 0 Å². The predicted octanol–water partition coefficient (Wildman–Crippen LogP) is 4.28. The first-order valence-corrected chi connectivity index (χ1v) is 8.87. The molecule has 134 valence electrons. The number of aryl methyl sites for hydroxylation is 1. The summed E-state index contributed by atoms with van der Waals surface area (Å²) >= 11 is 0. The van der Waals surface area contributed by atoms with E-state index >= 15 is 0 Å². The quantitative estimate of drug-likeness (QED) is 0.723. The second kappa shape index (κ2) is 7.87. The van der Waals surface area contributed by atoms with Crippen molar-refractivity contribution in [2.75, 3.05) is 23.3 Å². The molecule has 0 unspecified atom stereocenters. The molecule has 1 amide bonds. The Morgan fingerprint density at radius 3 is 2.46 bits per heavy atom. The van der Waals surface area contributed by atoms with E-state index in [0.29, 0.717) is 5.56 Å². The summed E-state index contributed by atoms with van der Waals surface area (Å²) in [5.41, 5.74) is 4.41. The maximum absolute atomic E-state index is 12.9. The lowest BCUT2D eigenvalue weighted by Gasteiger charge is -2.21. The van der Waals surface area contributed by atoms with Crippen molar-refractivity contribution in [3.63, 3.8) is 0 Å². The van der Waals surface area contributed by atoms with Crippen molar-refractivity contribution >= 4 is 17.3 Å². The molecule has 0 saturated heterocycles. The predicted molar refractivity (Wildman–Crippen MR) is 106 cm³/mol. The van der Waals surface area contributed by atoms with E-state index in [-0.39, 0.29) is 5.91 Å². The van der Waals surface area contributed by atoms with E-state index in [1.54, 1.807) is 12.5 Å². The van der Waals surface area contributed by atoms with E-state index in [1.807, 2.05) is 60.2 Å². The third kappa shape index (κ3) is 3.77. The number of benzene rings is 2. The van der Waals surface area contributed by atoms with Crippen molar-refractivity contribution in [1.82, 2.24) is 9.55 Å². The van der Waals surface area contributed by atoms with E-state index < -0.39 is 0 Å². The summed E-state index contributed by atoms with van der Waals surface area (Å²) in [6.45, 7) is 8.16. The zero-order valence-corrected chi connectivity index (χ0v) is 15.4. The van der Waals surface area contributed by atoms with Crippen LogP contribution in [0.5, 0.6) is 0 Å². The average molecular weight is 348 g/mol. The van der Waals surface area contributed by atoms with Crippen LogP contribution in [0.3, 0.4) is 0 Å². The van der Waals surface area contributed by atoms with Gasteiger partial charge in [0, 0.05) is 36.9 Å². The van der Waals surface area contributed by atoms with Crippen molar-refractivity contribution in [3.8, 4) is 5.69 Å². The first kappa shape index (κ1) is 17.7. The Kier molecular flexibility index (Phi) is 5.37. The highest BCUT2D eigenvalue weighted by atomic mass is 16.1. The Hall–Kier alpha value is -3.08. The Labute approximate surface area is 154 Å². The molecule has 0 bridgehead atoms. The molecule has 0 fully saturated rings. The van der Waals surface area contributed by atoms with Gasteiger partial charge in [-0.3, -0.25) is 4.79 Å². The summed E-state index contributed by atoms with van der Waals surface area (Å²) in [6.07, 6.45) is 5.23. The van der Waals surface area contributed by atoms with Crippen molar-refractivity contribution in [1.29, 1.82) is 0 Å². The number of hydrogen-bond acceptors (Lipinski definition) is 3. The highest BCUT2D eigenvalue weighted by molar-refractivity contribution is 6.07. The van der Waals surface area contributed by atoms with E-state index in [4.69, 9.17) is 0 Å². The summed E-state index contributed by atoms with van der Waals surface area (Å²) in [4.78, 5) is 19.2. The van der Waals surface area contributed by atoms with Crippen molar-refractivity contribution in [2.45, 2.75) is 20.8 Å². The number of aromatic nitrogens is 2. The lowest BCUT2D eigenvalue weighted by atomic mass is 10.1.